The molecule has 2 aromatic carbocycles. The van der Waals surface area contributed by atoms with Crippen molar-refractivity contribution in [1.82, 2.24) is 4.98 Å². The summed E-state index contributed by atoms with van der Waals surface area (Å²) in [5.41, 5.74) is 2.97. The molecule has 1 heterocycles. The Labute approximate surface area is 140 Å². The standard InChI is InChI=1S/C20H19NO3/c1-2-23-20(22)11-8-17-12-16-13-18(9-10-19(16)21-17)24-14-15-6-4-3-5-7-15/h3-13,21H,2,14H2,1H3. The monoisotopic (exact) mass is 321 g/mol. The van der Waals surface area contributed by atoms with E-state index in [9.17, 15) is 4.79 Å². The summed E-state index contributed by atoms with van der Waals surface area (Å²) < 4.78 is 10.7. The van der Waals surface area contributed by atoms with Gasteiger partial charge in [-0.3, -0.25) is 0 Å². The maximum Gasteiger partial charge on any atom is 0.330 e. The molecule has 0 amide bonds. The van der Waals surface area contributed by atoms with Gasteiger partial charge in [-0.05, 0) is 42.8 Å². The van der Waals surface area contributed by atoms with Gasteiger partial charge in [-0.25, -0.2) is 4.79 Å². The molecule has 24 heavy (non-hydrogen) atoms. The molecule has 0 unspecified atom stereocenters. The second-order valence-corrected chi connectivity index (χ2v) is 5.33. The minimum atomic E-state index is -0.344. The van der Waals surface area contributed by atoms with Gasteiger partial charge in [-0.15, -0.1) is 0 Å². The summed E-state index contributed by atoms with van der Waals surface area (Å²) >= 11 is 0. The van der Waals surface area contributed by atoms with Crippen LogP contribution >= 0.6 is 0 Å². The molecule has 0 spiro atoms. The molecule has 4 heteroatoms. The topological polar surface area (TPSA) is 51.3 Å². The van der Waals surface area contributed by atoms with Gasteiger partial charge in [-0.1, -0.05) is 30.3 Å². The third-order valence-electron chi connectivity index (χ3n) is 3.55. The molecule has 3 rings (SSSR count). The van der Waals surface area contributed by atoms with Crippen molar-refractivity contribution < 1.29 is 14.3 Å². The number of rotatable bonds is 6. The van der Waals surface area contributed by atoms with Gasteiger partial charge in [-0.2, -0.15) is 0 Å². The van der Waals surface area contributed by atoms with Crippen molar-refractivity contribution in [3.63, 3.8) is 0 Å². The number of nitrogens with one attached hydrogen (secondary N) is 1. The molecule has 0 fully saturated rings. The van der Waals surface area contributed by atoms with E-state index in [4.69, 9.17) is 9.47 Å². The Hall–Kier alpha value is -3.01. The van der Waals surface area contributed by atoms with E-state index in [1.807, 2.05) is 54.6 Å². The van der Waals surface area contributed by atoms with Crippen molar-refractivity contribution in [1.29, 1.82) is 0 Å². The molecule has 0 atom stereocenters. The van der Waals surface area contributed by atoms with E-state index in [1.54, 1.807) is 13.0 Å². The number of benzene rings is 2. The summed E-state index contributed by atoms with van der Waals surface area (Å²) in [6.45, 7) is 2.69. The molecule has 0 aliphatic rings. The van der Waals surface area contributed by atoms with Crippen molar-refractivity contribution >= 4 is 22.9 Å². The molecule has 0 radical (unpaired) electrons. The van der Waals surface area contributed by atoms with Crippen LogP contribution in [0, 0.1) is 0 Å². The zero-order chi connectivity index (χ0) is 16.8. The summed E-state index contributed by atoms with van der Waals surface area (Å²) in [5, 5.41) is 1.03. The van der Waals surface area contributed by atoms with Gasteiger partial charge < -0.3 is 14.5 Å². The SMILES string of the molecule is CCOC(=O)C=Cc1cc2cc(OCc3ccccc3)ccc2[nH]1. The highest BCUT2D eigenvalue weighted by Crippen LogP contribution is 2.23. The average Bonchev–Trinajstić information content (AvgIpc) is 3.01. The van der Waals surface area contributed by atoms with Crippen molar-refractivity contribution in [2.24, 2.45) is 0 Å². The van der Waals surface area contributed by atoms with Crippen LogP contribution in [-0.4, -0.2) is 17.6 Å². The molecule has 1 N–H and O–H groups in total. The molecule has 122 valence electrons. The first-order chi connectivity index (χ1) is 11.7. The Balaban J connectivity index is 1.70. The molecule has 3 aromatic rings. The molecule has 0 aliphatic carbocycles. The summed E-state index contributed by atoms with van der Waals surface area (Å²) in [4.78, 5) is 14.6. The van der Waals surface area contributed by atoms with Gasteiger partial charge in [0.15, 0.2) is 0 Å². The quantitative estimate of drug-likeness (QED) is 0.543. The number of fused-ring (bicyclic) bond motifs is 1. The van der Waals surface area contributed by atoms with E-state index in [1.165, 1.54) is 6.08 Å². The van der Waals surface area contributed by atoms with E-state index in [0.717, 1.165) is 27.9 Å². The summed E-state index contributed by atoms with van der Waals surface area (Å²) in [5.74, 6) is 0.467. The number of ether oxygens (including phenoxy) is 2. The lowest BCUT2D eigenvalue weighted by atomic mass is 10.2. The first-order valence-electron chi connectivity index (χ1n) is 7.89. The van der Waals surface area contributed by atoms with Crippen LogP contribution in [0.3, 0.4) is 0 Å². The minimum Gasteiger partial charge on any atom is -0.489 e. The zero-order valence-electron chi connectivity index (χ0n) is 13.5. The molecule has 4 nitrogen and oxygen atoms in total. The third-order valence-corrected chi connectivity index (χ3v) is 3.55. The number of aromatic amines is 1. The van der Waals surface area contributed by atoms with Gasteiger partial charge in [0.05, 0.1) is 6.61 Å². The zero-order valence-corrected chi connectivity index (χ0v) is 13.5. The Morgan fingerprint density at radius 1 is 1.12 bits per heavy atom. The number of esters is 1. The van der Waals surface area contributed by atoms with Crippen LogP contribution in [0.5, 0.6) is 5.75 Å². The summed E-state index contributed by atoms with van der Waals surface area (Å²) in [6, 6.07) is 17.9. The predicted molar refractivity (Wildman–Crippen MR) is 94.7 cm³/mol. The molecule has 1 aromatic heterocycles. The summed E-state index contributed by atoms with van der Waals surface area (Å²) in [6.07, 6.45) is 3.13. The number of hydrogen-bond donors (Lipinski definition) is 1. The van der Waals surface area contributed by atoms with Crippen molar-refractivity contribution in [2.75, 3.05) is 6.61 Å². The molecule has 0 saturated heterocycles. The molecule has 0 bridgehead atoms. The van der Waals surface area contributed by atoms with Crippen LogP contribution in [0.2, 0.25) is 0 Å². The van der Waals surface area contributed by atoms with Crippen LogP contribution in [0.15, 0.2) is 60.7 Å². The van der Waals surface area contributed by atoms with Crippen molar-refractivity contribution in [2.45, 2.75) is 13.5 Å². The van der Waals surface area contributed by atoms with Gasteiger partial charge in [0, 0.05) is 22.7 Å². The second-order valence-electron chi connectivity index (χ2n) is 5.33. The molecular weight excluding hydrogens is 302 g/mol. The van der Waals surface area contributed by atoms with Crippen molar-refractivity contribution in [3.8, 4) is 5.75 Å². The van der Waals surface area contributed by atoms with E-state index < -0.39 is 0 Å². The smallest absolute Gasteiger partial charge is 0.330 e. The van der Waals surface area contributed by atoms with Crippen LogP contribution < -0.4 is 4.74 Å². The fourth-order valence-corrected chi connectivity index (χ4v) is 2.40. The van der Waals surface area contributed by atoms with Gasteiger partial charge in [0.25, 0.3) is 0 Å². The third kappa shape index (κ3) is 4.04. The van der Waals surface area contributed by atoms with E-state index in [-0.39, 0.29) is 5.97 Å². The first kappa shape index (κ1) is 15.9. The molecular formula is C20H19NO3. The lowest BCUT2D eigenvalue weighted by molar-refractivity contribution is -0.137. The molecule has 0 saturated carbocycles. The van der Waals surface area contributed by atoms with Gasteiger partial charge in [0.2, 0.25) is 0 Å². The van der Waals surface area contributed by atoms with Gasteiger partial charge in [0.1, 0.15) is 12.4 Å². The normalized spacial score (nSPS) is 11.0. The highest BCUT2D eigenvalue weighted by atomic mass is 16.5. The van der Waals surface area contributed by atoms with E-state index >= 15 is 0 Å². The maximum absolute atomic E-state index is 11.4. The number of H-pyrrole nitrogens is 1. The van der Waals surface area contributed by atoms with E-state index in [0.29, 0.717) is 13.2 Å². The van der Waals surface area contributed by atoms with Crippen LogP contribution in [0.1, 0.15) is 18.2 Å². The first-order valence-corrected chi connectivity index (χ1v) is 7.89. The lowest BCUT2D eigenvalue weighted by Gasteiger charge is -2.06. The molecule has 0 aliphatic heterocycles. The van der Waals surface area contributed by atoms with Crippen LogP contribution in [-0.2, 0) is 16.1 Å². The highest BCUT2D eigenvalue weighted by Gasteiger charge is 2.02. The minimum absolute atomic E-state index is 0.344. The Morgan fingerprint density at radius 2 is 1.96 bits per heavy atom. The van der Waals surface area contributed by atoms with Crippen molar-refractivity contribution in [3.05, 3.63) is 71.9 Å². The fourth-order valence-electron chi connectivity index (χ4n) is 2.40. The largest absolute Gasteiger partial charge is 0.489 e. The Morgan fingerprint density at radius 3 is 2.75 bits per heavy atom. The lowest BCUT2D eigenvalue weighted by Crippen LogP contribution is -1.98. The second kappa shape index (κ2) is 7.51. The average molecular weight is 321 g/mol. The van der Waals surface area contributed by atoms with E-state index in [2.05, 4.69) is 4.98 Å². The Kier molecular flexibility index (Phi) is 4.96. The fraction of sp³-hybridized carbons (Fsp3) is 0.150. The predicted octanol–water partition coefficient (Wildman–Crippen LogP) is 4.32. The number of aromatic nitrogens is 1. The summed E-state index contributed by atoms with van der Waals surface area (Å²) in [7, 11) is 0. The van der Waals surface area contributed by atoms with Crippen LogP contribution in [0.4, 0.5) is 0 Å². The van der Waals surface area contributed by atoms with Gasteiger partial charge >= 0.3 is 5.97 Å². The number of carbonyl (C=O) groups is 1. The van der Waals surface area contributed by atoms with Crippen LogP contribution in [0.25, 0.3) is 17.0 Å². The highest BCUT2D eigenvalue weighted by molar-refractivity contribution is 5.89. The Bertz CT molecular complexity index is 850. The number of hydrogen-bond acceptors (Lipinski definition) is 3. The maximum atomic E-state index is 11.4. The number of carbonyl (C=O) groups excluding carboxylic acids is 1.